The van der Waals surface area contributed by atoms with Crippen LogP contribution in [0, 0.1) is 0 Å². The number of fused-ring (bicyclic) bond motifs is 2. The van der Waals surface area contributed by atoms with Crippen LogP contribution in [0.25, 0.3) is 21.8 Å². The zero-order valence-corrected chi connectivity index (χ0v) is 8.01. The lowest BCUT2D eigenvalue weighted by Gasteiger charge is -2.02. The van der Waals surface area contributed by atoms with Gasteiger partial charge in [-0.2, -0.15) is 0 Å². The molecule has 2 aromatic carbocycles. The van der Waals surface area contributed by atoms with E-state index in [4.69, 9.17) is 0 Å². The van der Waals surface area contributed by atoms with Crippen LogP contribution in [0.2, 0.25) is 0 Å². The number of hydrogen-bond donors (Lipinski definition) is 1. The average Bonchev–Trinajstić information content (AvgIpc) is 2.27. The lowest BCUT2D eigenvalue weighted by atomic mass is 10.1. The summed E-state index contributed by atoms with van der Waals surface area (Å²) in [4.78, 5) is 4.43. The van der Waals surface area contributed by atoms with E-state index in [0.717, 1.165) is 16.3 Å². The summed E-state index contributed by atoms with van der Waals surface area (Å²) in [5.74, 6) is 0.234. The Balaban J connectivity index is 2.53. The van der Waals surface area contributed by atoms with Crippen molar-refractivity contribution in [3.63, 3.8) is 0 Å². The Kier molecular flexibility index (Phi) is 1.62. The highest BCUT2D eigenvalue weighted by atomic mass is 16.3. The number of benzene rings is 2. The Bertz CT molecular complexity index is 646. The first-order valence-electron chi connectivity index (χ1n) is 4.82. The fraction of sp³-hybridized carbons (Fsp3) is 0. The van der Waals surface area contributed by atoms with E-state index in [9.17, 15) is 5.11 Å². The first-order chi connectivity index (χ1) is 7.34. The quantitative estimate of drug-likeness (QED) is 0.559. The molecule has 0 saturated carbocycles. The second-order valence-electron chi connectivity index (χ2n) is 3.53. The third kappa shape index (κ3) is 1.22. The number of nitrogens with zero attached hydrogens (tertiary/aromatic N) is 1. The fourth-order valence-corrected chi connectivity index (χ4v) is 1.79. The second kappa shape index (κ2) is 2.95. The number of rotatable bonds is 0. The molecule has 1 N–H and O–H groups in total. The smallest absolute Gasteiger partial charge is 0.141 e. The van der Waals surface area contributed by atoms with Gasteiger partial charge in [0, 0.05) is 10.8 Å². The molecule has 0 spiro atoms. The summed E-state index contributed by atoms with van der Waals surface area (Å²) in [6.07, 6.45) is 0. The number of aromatic hydroxyl groups is 1. The molecule has 72 valence electrons. The van der Waals surface area contributed by atoms with Gasteiger partial charge in [-0.25, -0.2) is 4.98 Å². The molecule has 1 aromatic heterocycles. The number of para-hydroxylation sites is 2. The van der Waals surface area contributed by atoms with Gasteiger partial charge in [0.1, 0.15) is 11.3 Å². The van der Waals surface area contributed by atoms with E-state index in [1.165, 1.54) is 0 Å². The van der Waals surface area contributed by atoms with E-state index >= 15 is 0 Å². The zero-order valence-electron chi connectivity index (χ0n) is 8.01. The summed E-state index contributed by atoms with van der Waals surface area (Å²) in [6.45, 7) is 0. The summed E-state index contributed by atoms with van der Waals surface area (Å²) in [6, 6.07) is 15.4. The third-order valence-corrected chi connectivity index (χ3v) is 2.53. The van der Waals surface area contributed by atoms with Gasteiger partial charge in [0.2, 0.25) is 0 Å². The highest BCUT2D eigenvalue weighted by Gasteiger charge is 2.02. The third-order valence-electron chi connectivity index (χ3n) is 2.53. The molecule has 2 heteroatoms. The minimum absolute atomic E-state index is 0.234. The van der Waals surface area contributed by atoms with Crippen molar-refractivity contribution in [3.05, 3.63) is 48.5 Å². The number of pyridine rings is 1. The lowest BCUT2D eigenvalue weighted by molar-refractivity contribution is 0.480. The molecule has 0 aliphatic rings. The van der Waals surface area contributed by atoms with Crippen LogP contribution in [0.3, 0.4) is 0 Å². The Morgan fingerprint density at radius 1 is 0.867 bits per heavy atom. The van der Waals surface area contributed by atoms with Crippen molar-refractivity contribution in [2.24, 2.45) is 0 Å². The predicted octanol–water partition coefficient (Wildman–Crippen LogP) is 3.09. The van der Waals surface area contributed by atoms with Gasteiger partial charge in [0.05, 0.1) is 5.52 Å². The molecule has 0 aliphatic carbocycles. The second-order valence-corrected chi connectivity index (χ2v) is 3.53. The Labute approximate surface area is 86.8 Å². The normalized spacial score (nSPS) is 10.9. The summed E-state index contributed by atoms with van der Waals surface area (Å²) < 4.78 is 0. The fourth-order valence-electron chi connectivity index (χ4n) is 1.79. The lowest BCUT2D eigenvalue weighted by Crippen LogP contribution is -1.82. The van der Waals surface area contributed by atoms with Crippen LogP contribution >= 0.6 is 0 Å². The molecule has 3 aromatic rings. The molecule has 3 rings (SSSR count). The Morgan fingerprint density at radius 3 is 2.60 bits per heavy atom. The number of phenolic OH excluding ortho intramolecular Hbond substituents is 1. The van der Waals surface area contributed by atoms with E-state index in [2.05, 4.69) is 4.98 Å². The summed E-state index contributed by atoms with van der Waals surface area (Å²) in [7, 11) is 0. The summed E-state index contributed by atoms with van der Waals surface area (Å²) in [5, 5.41) is 11.7. The SMILES string of the molecule is Oc1cccc2cc3ccccc3nc12. The van der Waals surface area contributed by atoms with Crippen molar-refractivity contribution in [2.75, 3.05) is 0 Å². The van der Waals surface area contributed by atoms with Crippen LogP contribution in [-0.2, 0) is 0 Å². The monoisotopic (exact) mass is 195 g/mol. The van der Waals surface area contributed by atoms with Crippen LogP contribution in [0.1, 0.15) is 0 Å². The summed E-state index contributed by atoms with van der Waals surface area (Å²) >= 11 is 0. The Morgan fingerprint density at radius 2 is 1.67 bits per heavy atom. The van der Waals surface area contributed by atoms with Gasteiger partial charge >= 0.3 is 0 Å². The maximum atomic E-state index is 9.67. The molecule has 15 heavy (non-hydrogen) atoms. The van der Waals surface area contributed by atoms with Crippen LogP contribution in [0.5, 0.6) is 5.75 Å². The van der Waals surface area contributed by atoms with Crippen molar-refractivity contribution < 1.29 is 5.11 Å². The van der Waals surface area contributed by atoms with Gasteiger partial charge < -0.3 is 5.11 Å². The molecule has 0 aliphatic heterocycles. The van der Waals surface area contributed by atoms with Gasteiger partial charge in [-0.1, -0.05) is 30.3 Å². The van der Waals surface area contributed by atoms with Crippen LogP contribution in [-0.4, -0.2) is 10.1 Å². The van der Waals surface area contributed by atoms with E-state index < -0.39 is 0 Å². The average molecular weight is 195 g/mol. The highest BCUT2D eigenvalue weighted by Crippen LogP contribution is 2.25. The largest absolute Gasteiger partial charge is 0.506 e. The van der Waals surface area contributed by atoms with E-state index in [1.807, 2.05) is 42.5 Å². The van der Waals surface area contributed by atoms with Crippen molar-refractivity contribution in [3.8, 4) is 5.75 Å². The minimum atomic E-state index is 0.234. The van der Waals surface area contributed by atoms with Crippen LogP contribution in [0.4, 0.5) is 0 Å². The van der Waals surface area contributed by atoms with Crippen molar-refractivity contribution in [1.82, 2.24) is 4.98 Å². The molecular formula is C13H9NO. The highest BCUT2D eigenvalue weighted by molar-refractivity contribution is 5.95. The van der Waals surface area contributed by atoms with Gasteiger partial charge in [-0.05, 0) is 18.2 Å². The molecule has 0 saturated heterocycles. The first kappa shape index (κ1) is 8.24. The zero-order chi connectivity index (χ0) is 10.3. The topological polar surface area (TPSA) is 33.1 Å². The molecule has 0 atom stereocenters. The van der Waals surface area contributed by atoms with Crippen LogP contribution in [0.15, 0.2) is 48.5 Å². The van der Waals surface area contributed by atoms with E-state index in [-0.39, 0.29) is 5.75 Å². The number of phenols is 1. The molecule has 0 bridgehead atoms. The maximum Gasteiger partial charge on any atom is 0.141 e. The van der Waals surface area contributed by atoms with Crippen molar-refractivity contribution in [1.29, 1.82) is 0 Å². The minimum Gasteiger partial charge on any atom is -0.506 e. The van der Waals surface area contributed by atoms with Gasteiger partial charge in [-0.3, -0.25) is 0 Å². The van der Waals surface area contributed by atoms with Crippen molar-refractivity contribution >= 4 is 21.8 Å². The van der Waals surface area contributed by atoms with Gasteiger partial charge in [-0.15, -0.1) is 0 Å². The Hall–Kier alpha value is -2.09. The van der Waals surface area contributed by atoms with E-state index in [1.54, 1.807) is 6.07 Å². The maximum absolute atomic E-state index is 9.67. The molecule has 1 heterocycles. The predicted molar refractivity (Wildman–Crippen MR) is 60.9 cm³/mol. The van der Waals surface area contributed by atoms with E-state index in [0.29, 0.717) is 5.52 Å². The van der Waals surface area contributed by atoms with Gasteiger partial charge in [0.25, 0.3) is 0 Å². The standard InChI is InChI=1S/C13H9NO/c15-12-7-3-5-10-8-9-4-1-2-6-11(9)14-13(10)12/h1-8,15H. The van der Waals surface area contributed by atoms with Gasteiger partial charge in [0.15, 0.2) is 0 Å². The molecular weight excluding hydrogens is 186 g/mol. The molecule has 0 radical (unpaired) electrons. The van der Waals surface area contributed by atoms with Crippen LogP contribution < -0.4 is 0 Å². The molecule has 0 unspecified atom stereocenters. The number of hydrogen-bond acceptors (Lipinski definition) is 2. The number of aromatic nitrogens is 1. The first-order valence-corrected chi connectivity index (χ1v) is 4.82. The van der Waals surface area contributed by atoms with Crippen molar-refractivity contribution in [2.45, 2.75) is 0 Å². The summed E-state index contributed by atoms with van der Waals surface area (Å²) in [5.41, 5.74) is 1.57. The molecule has 2 nitrogen and oxygen atoms in total. The molecule has 0 amide bonds. The molecule has 0 fully saturated rings.